The number of rotatable bonds is 1. The molecule has 0 aromatic carbocycles. The lowest BCUT2D eigenvalue weighted by Crippen LogP contribution is -2.21. The van der Waals surface area contributed by atoms with Gasteiger partial charge in [-0.25, -0.2) is 0 Å². The van der Waals surface area contributed by atoms with Crippen LogP contribution in [0, 0.1) is 5.92 Å². The van der Waals surface area contributed by atoms with Crippen molar-refractivity contribution >= 4 is 0 Å². The molecule has 21 heavy (non-hydrogen) atoms. The Hall–Kier alpha value is -1.08. The van der Waals surface area contributed by atoms with Gasteiger partial charge in [0.1, 0.15) is 0 Å². The Morgan fingerprint density at radius 1 is 1.00 bits per heavy atom. The van der Waals surface area contributed by atoms with Gasteiger partial charge in [-0.1, -0.05) is 47.1 Å². The largest absolute Gasteiger partial charge is 0.392 e. The second kappa shape index (κ2) is 9.04. The van der Waals surface area contributed by atoms with Crippen molar-refractivity contribution in [2.24, 2.45) is 5.92 Å². The third kappa shape index (κ3) is 6.95. The summed E-state index contributed by atoms with van der Waals surface area (Å²) in [5, 5.41) is 10.5. The molecule has 0 aromatic heterocycles. The lowest BCUT2D eigenvalue weighted by Gasteiger charge is -2.23. The van der Waals surface area contributed by atoms with Crippen LogP contribution in [-0.4, -0.2) is 11.2 Å². The number of hydrogen-bond acceptors (Lipinski definition) is 1. The fraction of sp³-hybridized carbons (Fsp3) is 0.600. The normalized spacial score (nSPS) is 33.7. The molecule has 0 heterocycles. The van der Waals surface area contributed by atoms with Crippen LogP contribution in [0.2, 0.25) is 0 Å². The van der Waals surface area contributed by atoms with E-state index in [1.807, 2.05) is 6.92 Å². The summed E-state index contributed by atoms with van der Waals surface area (Å²) in [5.41, 5.74) is 5.27. The van der Waals surface area contributed by atoms with E-state index < -0.39 is 0 Å². The SMILES string of the molecule is C=C(C)C1C/C=C(\C)CC/C=C(\C)CC/C=C(\C)C[C@@H]1O. The second-order valence-electron chi connectivity index (χ2n) is 6.69. The zero-order valence-electron chi connectivity index (χ0n) is 14.3. The lowest BCUT2D eigenvalue weighted by atomic mass is 9.87. The number of aliphatic hydroxyl groups is 1. The molecule has 1 aliphatic rings. The fourth-order valence-corrected chi connectivity index (χ4v) is 2.87. The van der Waals surface area contributed by atoms with Gasteiger partial charge in [0, 0.05) is 5.92 Å². The third-order valence-corrected chi connectivity index (χ3v) is 4.41. The molecule has 0 radical (unpaired) electrons. The molecule has 1 aliphatic carbocycles. The first-order chi connectivity index (χ1) is 9.90. The summed E-state index contributed by atoms with van der Waals surface area (Å²) in [5.74, 6) is 0.170. The van der Waals surface area contributed by atoms with Gasteiger partial charge in [0.15, 0.2) is 0 Å². The number of allylic oxidation sites excluding steroid dienone is 5. The Labute approximate surface area is 131 Å². The van der Waals surface area contributed by atoms with Crippen LogP contribution in [0.5, 0.6) is 0 Å². The van der Waals surface area contributed by atoms with E-state index in [1.54, 1.807) is 0 Å². The molecule has 1 heteroatoms. The van der Waals surface area contributed by atoms with Crippen LogP contribution in [0.15, 0.2) is 47.1 Å². The van der Waals surface area contributed by atoms with Crippen LogP contribution in [0.3, 0.4) is 0 Å². The summed E-state index contributed by atoms with van der Waals surface area (Å²) in [6, 6.07) is 0. The first kappa shape index (κ1) is 18.0. The average Bonchev–Trinajstić information content (AvgIpc) is 2.37. The average molecular weight is 288 g/mol. The van der Waals surface area contributed by atoms with Gasteiger partial charge < -0.3 is 5.11 Å². The Kier molecular flexibility index (Phi) is 7.74. The molecule has 2 atom stereocenters. The van der Waals surface area contributed by atoms with Crippen LogP contribution in [0.1, 0.15) is 66.2 Å². The summed E-state index contributed by atoms with van der Waals surface area (Å²) in [6.45, 7) is 12.7. The minimum atomic E-state index is -0.317. The molecule has 0 spiro atoms. The smallest absolute Gasteiger partial charge is 0.0645 e. The zero-order valence-corrected chi connectivity index (χ0v) is 14.3. The van der Waals surface area contributed by atoms with Gasteiger partial charge in [0.2, 0.25) is 0 Å². The Morgan fingerprint density at radius 2 is 1.52 bits per heavy atom. The van der Waals surface area contributed by atoms with Gasteiger partial charge in [0.25, 0.3) is 0 Å². The van der Waals surface area contributed by atoms with Gasteiger partial charge in [-0.3, -0.25) is 0 Å². The van der Waals surface area contributed by atoms with Crippen molar-refractivity contribution < 1.29 is 5.11 Å². The van der Waals surface area contributed by atoms with Gasteiger partial charge in [0.05, 0.1) is 6.10 Å². The molecule has 0 fully saturated rings. The summed E-state index contributed by atoms with van der Waals surface area (Å²) in [6.07, 6.45) is 12.7. The molecule has 0 amide bonds. The molecule has 1 nitrogen and oxygen atoms in total. The van der Waals surface area contributed by atoms with E-state index in [2.05, 4.69) is 45.6 Å². The van der Waals surface area contributed by atoms with Gasteiger partial charge >= 0.3 is 0 Å². The molecule has 0 saturated heterocycles. The molecular weight excluding hydrogens is 256 g/mol. The standard InChI is InChI=1S/C20H32O/c1-15(2)19-13-12-17(4)10-6-8-16(3)9-7-11-18(5)14-20(19)21/h8,11-12,19-21H,1,6-7,9-10,13-14H2,2-5H3/b16-8+,17-12+,18-11+/t19?,20-/m0/s1. The maximum absolute atomic E-state index is 10.5. The molecule has 0 bridgehead atoms. The molecule has 1 unspecified atom stereocenters. The van der Waals surface area contributed by atoms with Crippen LogP contribution in [-0.2, 0) is 0 Å². The summed E-state index contributed by atoms with van der Waals surface area (Å²) in [4.78, 5) is 0. The third-order valence-electron chi connectivity index (χ3n) is 4.41. The maximum Gasteiger partial charge on any atom is 0.0645 e. The minimum absolute atomic E-state index is 0.170. The molecular formula is C20H32O. The van der Waals surface area contributed by atoms with Crippen LogP contribution >= 0.6 is 0 Å². The van der Waals surface area contributed by atoms with Crippen molar-refractivity contribution in [3.8, 4) is 0 Å². The highest BCUT2D eigenvalue weighted by atomic mass is 16.3. The Balaban J connectivity index is 2.90. The first-order valence-corrected chi connectivity index (χ1v) is 8.20. The summed E-state index contributed by atoms with van der Waals surface area (Å²) >= 11 is 0. The van der Waals surface area contributed by atoms with E-state index in [1.165, 1.54) is 16.7 Å². The number of aliphatic hydroxyl groups excluding tert-OH is 1. The highest BCUT2D eigenvalue weighted by Crippen LogP contribution is 2.25. The van der Waals surface area contributed by atoms with Gasteiger partial charge in [-0.05, 0) is 66.2 Å². The highest BCUT2D eigenvalue weighted by molar-refractivity contribution is 5.12. The molecule has 1 rings (SSSR count). The number of hydrogen-bond donors (Lipinski definition) is 1. The van der Waals surface area contributed by atoms with E-state index in [9.17, 15) is 5.11 Å². The second-order valence-corrected chi connectivity index (χ2v) is 6.69. The fourth-order valence-electron chi connectivity index (χ4n) is 2.87. The maximum atomic E-state index is 10.5. The summed E-state index contributed by atoms with van der Waals surface area (Å²) in [7, 11) is 0. The van der Waals surface area contributed by atoms with Crippen LogP contribution < -0.4 is 0 Å². The monoisotopic (exact) mass is 288 g/mol. The van der Waals surface area contributed by atoms with E-state index in [4.69, 9.17) is 0 Å². The topological polar surface area (TPSA) is 20.2 Å². The van der Waals surface area contributed by atoms with Crippen molar-refractivity contribution in [1.29, 1.82) is 0 Å². The van der Waals surface area contributed by atoms with Gasteiger partial charge in [-0.2, -0.15) is 0 Å². The van der Waals surface area contributed by atoms with Crippen molar-refractivity contribution in [2.45, 2.75) is 72.3 Å². The molecule has 1 N–H and O–H groups in total. The van der Waals surface area contributed by atoms with Crippen molar-refractivity contribution in [3.63, 3.8) is 0 Å². The van der Waals surface area contributed by atoms with Crippen LogP contribution in [0.25, 0.3) is 0 Å². The van der Waals surface area contributed by atoms with Gasteiger partial charge in [-0.15, -0.1) is 0 Å². The van der Waals surface area contributed by atoms with Crippen LogP contribution in [0.4, 0.5) is 0 Å². The summed E-state index contributed by atoms with van der Waals surface area (Å²) < 4.78 is 0. The van der Waals surface area contributed by atoms with E-state index in [-0.39, 0.29) is 12.0 Å². The lowest BCUT2D eigenvalue weighted by molar-refractivity contribution is 0.126. The first-order valence-electron chi connectivity index (χ1n) is 8.20. The molecule has 0 aromatic rings. The quantitative estimate of drug-likeness (QED) is 0.611. The van der Waals surface area contributed by atoms with E-state index >= 15 is 0 Å². The Morgan fingerprint density at radius 3 is 2.10 bits per heavy atom. The highest BCUT2D eigenvalue weighted by Gasteiger charge is 2.19. The predicted octanol–water partition coefficient (Wildman–Crippen LogP) is 5.73. The van der Waals surface area contributed by atoms with Crippen molar-refractivity contribution in [1.82, 2.24) is 0 Å². The predicted molar refractivity (Wildman–Crippen MR) is 93.3 cm³/mol. The molecule has 118 valence electrons. The Bertz CT molecular complexity index is 437. The van der Waals surface area contributed by atoms with Crippen molar-refractivity contribution in [2.75, 3.05) is 0 Å². The molecule has 0 aliphatic heterocycles. The zero-order chi connectivity index (χ0) is 15.8. The van der Waals surface area contributed by atoms with Crippen molar-refractivity contribution in [3.05, 3.63) is 47.1 Å². The molecule has 0 saturated carbocycles. The minimum Gasteiger partial charge on any atom is -0.392 e. The van der Waals surface area contributed by atoms with E-state index in [0.717, 1.165) is 44.1 Å². The van der Waals surface area contributed by atoms with E-state index in [0.29, 0.717) is 0 Å².